The Hall–Kier alpha value is -1.29. The summed E-state index contributed by atoms with van der Waals surface area (Å²) in [5, 5.41) is 12.5. The van der Waals surface area contributed by atoms with Crippen LogP contribution in [0.5, 0.6) is 5.75 Å². The Morgan fingerprint density at radius 3 is 2.83 bits per heavy atom. The number of phenols is 1. The second kappa shape index (κ2) is 4.43. The molecule has 2 N–H and O–H groups in total. The van der Waals surface area contributed by atoms with Gasteiger partial charge in [0.1, 0.15) is 0 Å². The first-order valence-corrected chi connectivity index (χ1v) is 6.64. The molecule has 1 heterocycles. The number of phenolic OH excluding ortho intramolecular Hbond substituents is 1. The minimum atomic E-state index is -0.565. The van der Waals surface area contributed by atoms with Crippen molar-refractivity contribution in [2.45, 2.75) is 44.3 Å². The first-order chi connectivity index (χ1) is 8.63. The molecule has 18 heavy (non-hydrogen) atoms. The Bertz CT molecular complexity index is 447. The van der Waals surface area contributed by atoms with E-state index in [1.54, 1.807) is 6.07 Å². The van der Waals surface area contributed by atoms with Gasteiger partial charge < -0.3 is 10.4 Å². The largest absolute Gasteiger partial charge is 0.505 e. The fourth-order valence-corrected chi connectivity index (χ4v) is 2.91. The van der Waals surface area contributed by atoms with Crippen LogP contribution < -0.4 is 5.32 Å². The lowest BCUT2D eigenvalue weighted by Crippen LogP contribution is -2.31. The minimum absolute atomic E-state index is 0.292. The van der Waals surface area contributed by atoms with Crippen LogP contribution in [0, 0.1) is 5.82 Å². The van der Waals surface area contributed by atoms with Crippen LogP contribution in [0.4, 0.5) is 10.1 Å². The number of hydrogen-bond acceptors (Lipinski definition) is 3. The van der Waals surface area contributed by atoms with E-state index in [4.69, 9.17) is 5.11 Å². The van der Waals surface area contributed by atoms with E-state index in [-0.39, 0.29) is 5.75 Å². The molecule has 2 unspecified atom stereocenters. The zero-order chi connectivity index (χ0) is 12.7. The van der Waals surface area contributed by atoms with Gasteiger partial charge in [0.2, 0.25) is 0 Å². The molecule has 0 amide bonds. The molecule has 4 heteroatoms. The predicted molar refractivity (Wildman–Crippen MR) is 69.3 cm³/mol. The maximum absolute atomic E-state index is 13.2. The van der Waals surface area contributed by atoms with Crippen LogP contribution in [0.25, 0.3) is 0 Å². The van der Waals surface area contributed by atoms with Gasteiger partial charge in [-0.3, -0.25) is 4.90 Å². The van der Waals surface area contributed by atoms with Gasteiger partial charge in [0.15, 0.2) is 11.6 Å². The van der Waals surface area contributed by atoms with Crippen LogP contribution in [0.2, 0.25) is 0 Å². The number of likely N-dealkylation sites (tertiary alicyclic amines) is 1. The highest BCUT2D eigenvalue weighted by molar-refractivity contribution is 5.47. The quantitative estimate of drug-likeness (QED) is 0.809. The second-order valence-electron chi connectivity index (χ2n) is 5.52. The van der Waals surface area contributed by atoms with Crippen LogP contribution in [-0.4, -0.2) is 34.7 Å². The highest BCUT2D eigenvalue weighted by atomic mass is 19.1. The highest BCUT2D eigenvalue weighted by Crippen LogP contribution is 2.34. The summed E-state index contributed by atoms with van der Waals surface area (Å²) >= 11 is 0. The van der Waals surface area contributed by atoms with Crippen molar-refractivity contribution in [2.75, 3.05) is 11.9 Å². The van der Waals surface area contributed by atoms with Crippen molar-refractivity contribution >= 4 is 5.69 Å². The number of hydrogen-bond donors (Lipinski definition) is 2. The van der Waals surface area contributed by atoms with Crippen molar-refractivity contribution in [1.29, 1.82) is 0 Å². The van der Waals surface area contributed by atoms with Gasteiger partial charge in [-0.05, 0) is 38.3 Å². The summed E-state index contributed by atoms with van der Waals surface area (Å²) in [5.74, 6) is -0.856. The first-order valence-electron chi connectivity index (χ1n) is 6.64. The normalized spacial score (nSPS) is 28.6. The molecule has 1 saturated heterocycles. The molecule has 3 rings (SSSR count). The van der Waals surface area contributed by atoms with Gasteiger partial charge in [0, 0.05) is 36.4 Å². The molecule has 98 valence electrons. The molecule has 0 bridgehead atoms. The van der Waals surface area contributed by atoms with Crippen LogP contribution in [-0.2, 0) is 0 Å². The number of aromatic hydroxyl groups is 1. The van der Waals surface area contributed by atoms with Gasteiger partial charge in [0.05, 0.1) is 0 Å². The van der Waals surface area contributed by atoms with E-state index in [0.717, 1.165) is 24.7 Å². The summed E-state index contributed by atoms with van der Waals surface area (Å²) in [6.07, 6.45) is 3.74. The van der Waals surface area contributed by atoms with Crippen molar-refractivity contribution in [2.24, 2.45) is 0 Å². The number of nitrogens with zero attached hydrogens (tertiary/aromatic N) is 1. The zero-order valence-electron chi connectivity index (χ0n) is 10.6. The smallest absolute Gasteiger partial charge is 0.166 e. The van der Waals surface area contributed by atoms with Crippen molar-refractivity contribution < 1.29 is 9.50 Å². The van der Waals surface area contributed by atoms with E-state index >= 15 is 0 Å². The van der Waals surface area contributed by atoms with Gasteiger partial charge >= 0.3 is 0 Å². The number of anilines is 1. The van der Waals surface area contributed by atoms with Crippen molar-refractivity contribution in [3.63, 3.8) is 0 Å². The van der Waals surface area contributed by atoms with E-state index in [1.165, 1.54) is 25.0 Å². The predicted octanol–water partition coefficient (Wildman–Crippen LogP) is 2.57. The number of benzene rings is 1. The molecule has 2 fully saturated rings. The summed E-state index contributed by atoms with van der Waals surface area (Å²) in [7, 11) is 0. The van der Waals surface area contributed by atoms with Gasteiger partial charge in [-0.2, -0.15) is 0 Å². The third-order valence-electron chi connectivity index (χ3n) is 3.96. The van der Waals surface area contributed by atoms with Gasteiger partial charge in [-0.1, -0.05) is 0 Å². The minimum Gasteiger partial charge on any atom is -0.505 e. The molecule has 2 aliphatic rings. The van der Waals surface area contributed by atoms with E-state index in [2.05, 4.69) is 17.1 Å². The monoisotopic (exact) mass is 250 g/mol. The zero-order valence-corrected chi connectivity index (χ0v) is 10.6. The molecular weight excluding hydrogens is 231 g/mol. The molecule has 0 spiro atoms. The number of rotatable bonds is 3. The van der Waals surface area contributed by atoms with Gasteiger partial charge in [0.25, 0.3) is 0 Å². The molecule has 1 saturated carbocycles. The van der Waals surface area contributed by atoms with E-state index in [9.17, 15) is 4.39 Å². The van der Waals surface area contributed by atoms with Crippen LogP contribution in [0.3, 0.4) is 0 Å². The number of nitrogens with one attached hydrogen (secondary N) is 1. The Kier molecular flexibility index (Phi) is 2.90. The second-order valence-corrected chi connectivity index (χ2v) is 5.52. The average Bonchev–Trinajstić information content (AvgIpc) is 3.09. The van der Waals surface area contributed by atoms with Gasteiger partial charge in [-0.15, -0.1) is 0 Å². The SMILES string of the molecule is CC1CC(Nc2ccc(O)c(F)c2)CN1C1CC1. The summed E-state index contributed by atoms with van der Waals surface area (Å²) in [6.45, 7) is 3.30. The van der Waals surface area contributed by atoms with Crippen molar-refractivity contribution in [1.82, 2.24) is 4.90 Å². The van der Waals surface area contributed by atoms with Crippen LogP contribution in [0.15, 0.2) is 18.2 Å². The lowest BCUT2D eigenvalue weighted by Gasteiger charge is -2.20. The lowest BCUT2D eigenvalue weighted by atomic mass is 10.2. The molecule has 0 aromatic heterocycles. The van der Waals surface area contributed by atoms with E-state index < -0.39 is 5.82 Å². The third kappa shape index (κ3) is 2.29. The van der Waals surface area contributed by atoms with Crippen molar-refractivity contribution in [3.05, 3.63) is 24.0 Å². The third-order valence-corrected chi connectivity index (χ3v) is 3.96. The lowest BCUT2D eigenvalue weighted by molar-refractivity contribution is 0.257. The molecule has 1 aromatic carbocycles. The van der Waals surface area contributed by atoms with E-state index in [1.807, 2.05) is 0 Å². The summed E-state index contributed by atoms with van der Waals surface area (Å²) in [6, 6.07) is 6.25. The molecular formula is C14H19FN2O. The Morgan fingerprint density at radius 2 is 2.17 bits per heavy atom. The van der Waals surface area contributed by atoms with E-state index in [0.29, 0.717) is 12.1 Å². The van der Waals surface area contributed by atoms with Crippen LogP contribution in [0.1, 0.15) is 26.2 Å². The maximum atomic E-state index is 13.2. The Balaban J connectivity index is 1.64. The standard InChI is InChI=1S/C14H19FN2O/c1-9-6-11(8-17(9)12-3-4-12)16-10-2-5-14(18)13(15)7-10/h2,5,7,9,11-12,16,18H,3-4,6,8H2,1H3. The maximum Gasteiger partial charge on any atom is 0.166 e. The topological polar surface area (TPSA) is 35.5 Å². The molecule has 3 nitrogen and oxygen atoms in total. The number of halogens is 1. The average molecular weight is 250 g/mol. The molecule has 1 aliphatic carbocycles. The molecule has 1 aliphatic heterocycles. The Morgan fingerprint density at radius 1 is 1.39 bits per heavy atom. The van der Waals surface area contributed by atoms with Crippen molar-refractivity contribution in [3.8, 4) is 5.75 Å². The van der Waals surface area contributed by atoms with Crippen LogP contribution >= 0.6 is 0 Å². The summed E-state index contributed by atoms with van der Waals surface area (Å²) in [4.78, 5) is 2.55. The fourth-order valence-electron chi connectivity index (χ4n) is 2.91. The molecule has 0 radical (unpaired) electrons. The summed E-state index contributed by atoms with van der Waals surface area (Å²) < 4.78 is 13.2. The highest BCUT2D eigenvalue weighted by Gasteiger charge is 2.38. The van der Waals surface area contributed by atoms with Gasteiger partial charge in [-0.25, -0.2) is 4.39 Å². The first kappa shape index (κ1) is 11.8. The summed E-state index contributed by atoms with van der Waals surface area (Å²) in [5.41, 5.74) is 0.750. The Labute approximate surface area is 107 Å². The molecule has 2 atom stereocenters. The molecule has 1 aromatic rings. The fraction of sp³-hybridized carbons (Fsp3) is 0.571.